The number of sulfonamides is 1. The molecule has 5 nitrogen and oxygen atoms in total. The molecule has 0 aromatic heterocycles. The molecule has 9 heteroatoms. The molecule has 2 rings (SSSR count). The van der Waals surface area contributed by atoms with E-state index in [2.05, 4.69) is 10.0 Å². The number of benzene rings is 2. The van der Waals surface area contributed by atoms with Crippen molar-refractivity contribution in [3.8, 4) is 0 Å². The van der Waals surface area contributed by atoms with Gasteiger partial charge in [-0.25, -0.2) is 21.9 Å². The molecule has 128 valence electrons. The van der Waals surface area contributed by atoms with Crippen molar-refractivity contribution in [1.82, 2.24) is 4.72 Å². The second-order valence-electron chi connectivity index (χ2n) is 4.78. The minimum atomic E-state index is -4.03. The molecule has 0 aliphatic carbocycles. The zero-order valence-electron chi connectivity index (χ0n) is 12.2. The van der Waals surface area contributed by atoms with Gasteiger partial charge in [-0.15, -0.1) is 0 Å². The van der Waals surface area contributed by atoms with Crippen LogP contribution in [0.4, 0.5) is 14.5 Å². The Morgan fingerprint density at radius 2 is 1.83 bits per heavy atom. The Kier molecular flexibility index (Phi) is 5.87. The van der Waals surface area contributed by atoms with Crippen molar-refractivity contribution in [3.05, 3.63) is 59.1 Å². The van der Waals surface area contributed by atoms with E-state index < -0.39 is 32.5 Å². The Hall–Kier alpha value is -2.03. The van der Waals surface area contributed by atoms with E-state index in [1.807, 2.05) is 0 Å². The molecule has 0 atom stereocenters. The quantitative estimate of drug-likeness (QED) is 0.816. The average molecular weight is 375 g/mol. The summed E-state index contributed by atoms with van der Waals surface area (Å²) in [6.07, 6.45) is -0.143. The first-order chi connectivity index (χ1) is 11.3. The molecule has 0 fully saturated rings. The zero-order valence-corrected chi connectivity index (χ0v) is 13.8. The molecule has 0 aliphatic heterocycles. The Morgan fingerprint density at radius 3 is 2.50 bits per heavy atom. The SMILES string of the molecule is O=C(CCNS(=O)(=O)c1ccc(F)c(F)c1)Nc1cccc(Cl)c1. The summed E-state index contributed by atoms with van der Waals surface area (Å²) in [4.78, 5) is 11.3. The van der Waals surface area contributed by atoms with Gasteiger partial charge in [-0.1, -0.05) is 17.7 Å². The lowest BCUT2D eigenvalue weighted by Crippen LogP contribution is -2.28. The fourth-order valence-electron chi connectivity index (χ4n) is 1.82. The van der Waals surface area contributed by atoms with Crippen LogP contribution in [0.5, 0.6) is 0 Å². The molecule has 0 bridgehead atoms. The van der Waals surface area contributed by atoms with E-state index in [0.717, 1.165) is 12.1 Å². The number of rotatable bonds is 6. The first-order valence-corrected chi connectivity index (χ1v) is 8.64. The van der Waals surface area contributed by atoms with Crippen molar-refractivity contribution >= 4 is 33.2 Å². The van der Waals surface area contributed by atoms with Crippen LogP contribution in [0.25, 0.3) is 0 Å². The highest BCUT2D eigenvalue weighted by atomic mass is 35.5. The summed E-state index contributed by atoms with van der Waals surface area (Å²) in [7, 11) is -4.03. The Morgan fingerprint density at radius 1 is 1.08 bits per heavy atom. The third-order valence-electron chi connectivity index (χ3n) is 2.95. The summed E-state index contributed by atoms with van der Waals surface area (Å²) < 4.78 is 51.9. The van der Waals surface area contributed by atoms with E-state index in [1.54, 1.807) is 24.3 Å². The van der Waals surface area contributed by atoms with Crippen molar-refractivity contribution in [3.63, 3.8) is 0 Å². The molecule has 2 N–H and O–H groups in total. The van der Waals surface area contributed by atoms with Gasteiger partial charge >= 0.3 is 0 Å². The van der Waals surface area contributed by atoms with Gasteiger partial charge in [-0.3, -0.25) is 4.79 Å². The number of nitrogens with one attached hydrogen (secondary N) is 2. The maximum absolute atomic E-state index is 13.1. The molecular formula is C15H13ClF2N2O3S. The minimum Gasteiger partial charge on any atom is -0.326 e. The molecule has 0 saturated carbocycles. The molecule has 2 aromatic carbocycles. The van der Waals surface area contributed by atoms with E-state index in [9.17, 15) is 22.0 Å². The Bertz CT molecular complexity index is 860. The fraction of sp³-hybridized carbons (Fsp3) is 0.133. The monoisotopic (exact) mass is 374 g/mol. The van der Waals surface area contributed by atoms with Crippen LogP contribution >= 0.6 is 11.6 Å². The lowest BCUT2D eigenvalue weighted by atomic mass is 10.3. The van der Waals surface area contributed by atoms with E-state index >= 15 is 0 Å². The third-order valence-corrected chi connectivity index (χ3v) is 4.65. The van der Waals surface area contributed by atoms with Crippen LogP contribution in [0, 0.1) is 11.6 Å². The number of hydrogen-bond acceptors (Lipinski definition) is 3. The second-order valence-corrected chi connectivity index (χ2v) is 6.99. The molecule has 0 radical (unpaired) electrons. The molecule has 0 aliphatic rings. The van der Waals surface area contributed by atoms with Crippen molar-refractivity contribution in [1.29, 1.82) is 0 Å². The van der Waals surface area contributed by atoms with Crippen molar-refractivity contribution in [2.75, 3.05) is 11.9 Å². The first-order valence-electron chi connectivity index (χ1n) is 6.78. The van der Waals surface area contributed by atoms with Crippen LogP contribution in [0.1, 0.15) is 6.42 Å². The van der Waals surface area contributed by atoms with Gasteiger partial charge < -0.3 is 5.32 Å². The highest BCUT2D eigenvalue weighted by Gasteiger charge is 2.16. The van der Waals surface area contributed by atoms with Crippen LogP contribution in [0.2, 0.25) is 5.02 Å². The van der Waals surface area contributed by atoms with Crippen LogP contribution in [-0.2, 0) is 14.8 Å². The molecule has 0 heterocycles. The first kappa shape index (κ1) is 18.3. The molecule has 0 unspecified atom stereocenters. The molecule has 0 saturated heterocycles. The average Bonchev–Trinajstić information content (AvgIpc) is 2.49. The molecule has 24 heavy (non-hydrogen) atoms. The number of carbonyl (C=O) groups is 1. The summed E-state index contributed by atoms with van der Waals surface area (Å²) >= 11 is 5.78. The topological polar surface area (TPSA) is 75.3 Å². The van der Waals surface area contributed by atoms with Gasteiger partial charge in [0.15, 0.2) is 11.6 Å². The predicted octanol–water partition coefficient (Wildman–Crippen LogP) is 2.93. The molecule has 1 amide bonds. The smallest absolute Gasteiger partial charge is 0.240 e. The zero-order chi connectivity index (χ0) is 17.7. The standard InChI is InChI=1S/C15H13ClF2N2O3S/c16-10-2-1-3-11(8-10)20-15(21)6-7-19-24(22,23)12-4-5-13(17)14(18)9-12/h1-5,8-9,19H,6-7H2,(H,20,21). The van der Waals surface area contributed by atoms with Crippen molar-refractivity contribution in [2.45, 2.75) is 11.3 Å². The van der Waals surface area contributed by atoms with Crippen LogP contribution in [-0.4, -0.2) is 20.9 Å². The lowest BCUT2D eigenvalue weighted by molar-refractivity contribution is -0.116. The van der Waals surface area contributed by atoms with Crippen molar-refractivity contribution < 1.29 is 22.0 Å². The van der Waals surface area contributed by atoms with Gasteiger partial charge in [-0.2, -0.15) is 0 Å². The Labute approximate surface area is 142 Å². The third kappa shape index (κ3) is 4.98. The van der Waals surface area contributed by atoms with E-state index in [-0.39, 0.29) is 13.0 Å². The second kappa shape index (κ2) is 7.69. The minimum absolute atomic E-state index is 0.143. The van der Waals surface area contributed by atoms with Crippen molar-refractivity contribution in [2.24, 2.45) is 0 Å². The molecular weight excluding hydrogens is 362 g/mol. The van der Waals surface area contributed by atoms with E-state index in [4.69, 9.17) is 11.6 Å². The predicted molar refractivity (Wildman–Crippen MR) is 86.2 cm³/mol. The summed E-state index contributed by atoms with van der Waals surface area (Å²) in [5.74, 6) is -2.84. The highest BCUT2D eigenvalue weighted by Crippen LogP contribution is 2.15. The molecule has 2 aromatic rings. The number of amides is 1. The maximum Gasteiger partial charge on any atom is 0.240 e. The van der Waals surface area contributed by atoms with Crippen LogP contribution in [0.15, 0.2) is 47.4 Å². The van der Waals surface area contributed by atoms with Gasteiger partial charge in [0.05, 0.1) is 4.90 Å². The van der Waals surface area contributed by atoms with Gasteiger partial charge in [0.1, 0.15) is 0 Å². The maximum atomic E-state index is 13.1. The number of anilines is 1. The summed E-state index contributed by atoms with van der Waals surface area (Å²) in [5, 5.41) is 3.01. The van der Waals surface area contributed by atoms with E-state index in [1.165, 1.54) is 0 Å². The van der Waals surface area contributed by atoms with Gasteiger partial charge in [0.2, 0.25) is 15.9 Å². The number of halogens is 3. The van der Waals surface area contributed by atoms with Crippen LogP contribution < -0.4 is 10.0 Å². The van der Waals surface area contributed by atoms with Gasteiger partial charge in [0.25, 0.3) is 0 Å². The lowest BCUT2D eigenvalue weighted by Gasteiger charge is -2.08. The summed E-state index contributed by atoms with van der Waals surface area (Å²) in [5.41, 5.74) is 0.482. The fourth-order valence-corrected chi connectivity index (χ4v) is 3.05. The number of hydrogen-bond donors (Lipinski definition) is 2. The van der Waals surface area contributed by atoms with Gasteiger partial charge in [-0.05, 0) is 36.4 Å². The largest absolute Gasteiger partial charge is 0.326 e. The normalized spacial score (nSPS) is 11.3. The summed E-state index contributed by atoms with van der Waals surface area (Å²) in [6, 6.07) is 8.71. The Balaban J connectivity index is 1.90. The van der Waals surface area contributed by atoms with Gasteiger partial charge in [0, 0.05) is 23.7 Å². The summed E-state index contributed by atoms with van der Waals surface area (Å²) in [6.45, 7) is -0.201. The van der Waals surface area contributed by atoms with Crippen LogP contribution in [0.3, 0.4) is 0 Å². The van der Waals surface area contributed by atoms with E-state index in [0.29, 0.717) is 16.8 Å². The highest BCUT2D eigenvalue weighted by molar-refractivity contribution is 7.89. The molecule has 0 spiro atoms. The number of carbonyl (C=O) groups excluding carboxylic acids is 1.